The van der Waals surface area contributed by atoms with Gasteiger partial charge in [0.15, 0.2) is 0 Å². The lowest BCUT2D eigenvalue weighted by molar-refractivity contribution is -0.132. The van der Waals surface area contributed by atoms with E-state index in [0.29, 0.717) is 37.7 Å². The van der Waals surface area contributed by atoms with Crippen LogP contribution in [-0.4, -0.2) is 61.4 Å². The first-order chi connectivity index (χ1) is 18.2. The molecule has 10 heteroatoms. The van der Waals surface area contributed by atoms with Gasteiger partial charge in [0.1, 0.15) is 0 Å². The number of carbonyl (C=O) groups is 1. The minimum atomic E-state index is -3.90. The van der Waals surface area contributed by atoms with E-state index in [0.717, 1.165) is 28.6 Å². The molecule has 0 bridgehead atoms. The molecule has 38 heavy (non-hydrogen) atoms. The van der Waals surface area contributed by atoms with Crippen LogP contribution in [0.4, 0.5) is 0 Å². The molecular weight excluding hydrogens is 590 g/mol. The summed E-state index contributed by atoms with van der Waals surface area (Å²) in [5.41, 5.74) is 2.14. The molecule has 1 aromatic heterocycles. The van der Waals surface area contributed by atoms with Crippen molar-refractivity contribution in [1.29, 1.82) is 0 Å². The Bertz CT molecular complexity index is 1260. The number of amides is 1. The van der Waals surface area contributed by atoms with E-state index in [1.165, 1.54) is 28.6 Å². The Morgan fingerprint density at radius 3 is 2.39 bits per heavy atom. The Hall–Kier alpha value is -2.17. The molecular formula is C28H35BrClN3O4S. The number of hydrogen-bond donors (Lipinski definition) is 0. The molecule has 0 aliphatic rings. The van der Waals surface area contributed by atoms with Crippen molar-refractivity contribution in [3.05, 3.63) is 87.6 Å². The van der Waals surface area contributed by atoms with E-state index in [1.807, 2.05) is 30.5 Å². The summed E-state index contributed by atoms with van der Waals surface area (Å²) >= 11 is 9.44. The molecule has 2 aromatic carbocycles. The van der Waals surface area contributed by atoms with Gasteiger partial charge in [-0.25, -0.2) is 8.42 Å². The number of aromatic nitrogens is 1. The summed E-state index contributed by atoms with van der Waals surface area (Å²) in [5, 5.41) is 0.447. The predicted molar refractivity (Wildman–Crippen MR) is 155 cm³/mol. The second-order valence-corrected chi connectivity index (χ2v) is 12.4. The molecule has 0 spiro atoms. The number of unbranched alkanes of at least 4 members (excludes halogenated alkanes) is 1. The summed E-state index contributed by atoms with van der Waals surface area (Å²) in [4.78, 5) is 15.5. The molecule has 0 N–H and O–H groups in total. The molecule has 0 radical (unpaired) electrons. The first kappa shape index (κ1) is 30.4. The lowest BCUT2D eigenvalue weighted by Crippen LogP contribution is -2.43. The van der Waals surface area contributed by atoms with E-state index < -0.39 is 10.0 Å². The number of halogens is 2. The highest BCUT2D eigenvalue weighted by Gasteiger charge is 2.28. The van der Waals surface area contributed by atoms with Gasteiger partial charge in [0, 0.05) is 54.7 Å². The maximum absolute atomic E-state index is 13.6. The number of carbonyl (C=O) groups excluding carboxylic acids is 1. The third-order valence-corrected chi connectivity index (χ3v) is 8.84. The Balaban J connectivity index is 1.80. The molecule has 1 heterocycles. The van der Waals surface area contributed by atoms with Gasteiger partial charge in [-0.1, -0.05) is 53.0 Å². The number of nitrogens with zero attached hydrogens (tertiary/aromatic N) is 3. The molecule has 7 nitrogen and oxygen atoms in total. The predicted octanol–water partition coefficient (Wildman–Crippen LogP) is 5.81. The lowest BCUT2D eigenvalue weighted by Gasteiger charge is -2.28. The van der Waals surface area contributed by atoms with Crippen LogP contribution in [0, 0.1) is 0 Å². The van der Waals surface area contributed by atoms with Crippen molar-refractivity contribution in [3.63, 3.8) is 0 Å². The van der Waals surface area contributed by atoms with E-state index in [2.05, 4.69) is 39.6 Å². The van der Waals surface area contributed by atoms with Crippen LogP contribution in [0.25, 0.3) is 0 Å². The maximum atomic E-state index is 13.6. The fourth-order valence-electron chi connectivity index (χ4n) is 4.05. The van der Waals surface area contributed by atoms with Crippen LogP contribution in [0.2, 0.25) is 5.02 Å². The zero-order valence-electron chi connectivity index (χ0n) is 21.9. The first-order valence-electron chi connectivity index (χ1n) is 12.7. The second kappa shape index (κ2) is 14.8. The third kappa shape index (κ3) is 8.68. The molecule has 0 aliphatic carbocycles. The number of sulfonamides is 1. The summed E-state index contributed by atoms with van der Waals surface area (Å²) in [6, 6.07) is 18.1. The Labute approximate surface area is 239 Å². The SMILES string of the molecule is CCCCN(Cc1cccn1Cc1ccc(Br)cc1)C(=O)CN(CCCOC)S(=O)(=O)c1ccc(Cl)cc1. The van der Waals surface area contributed by atoms with Crippen LogP contribution in [-0.2, 0) is 32.6 Å². The average molecular weight is 625 g/mol. The van der Waals surface area contributed by atoms with Gasteiger partial charge in [0.25, 0.3) is 0 Å². The van der Waals surface area contributed by atoms with Gasteiger partial charge in [-0.05, 0) is 66.9 Å². The van der Waals surface area contributed by atoms with Gasteiger partial charge < -0.3 is 14.2 Å². The van der Waals surface area contributed by atoms with E-state index in [1.54, 1.807) is 12.0 Å². The molecule has 3 rings (SSSR count). The van der Waals surface area contributed by atoms with Gasteiger partial charge in [-0.3, -0.25) is 4.79 Å². The van der Waals surface area contributed by atoms with Gasteiger partial charge in [0.05, 0.1) is 18.0 Å². The number of ether oxygens (including phenoxy) is 1. The highest BCUT2D eigenvalue weighted by atomic mass is 79.9. The second-order valence-electron chi connectivity index (χ2n) is 9.06. The summed E-state index contributed by atoms with van der Waals surface area (Å²) in [7, 11) is -2.33. The molecule has 0 saturated heterocycles. The topological polar surface area (TPSA) is 71.9 Å². The molecule has 0 aliphatic heterocycles. The summed E-state index contributed by atoms with van der Waals surface area (Å²) < 4.78 is 36.5. The van der Waals surface area contributed by atoms with E-state index >= 15 is 0 Å². The van der Waals surface area contributed by atoms with Crippen molar-refractivity contribution in [2.75, 3.05) is 33.4 Å². The van der Waals surface area contributed by atoms with Crippen molar-refractivity contribution in [1.82, 2.24) is 13.8 Å². The standard InChI is InChI=1S/C28H35BrClN3O4S/c1-3-4-16-32(21-26-7-5-17-31(26)20-23-8-10-24(29)11-9-23)28(34)22-33(18-6-19-37-2)38(35,36)27-14-12-25(30)13-15-27/h5,7-15,17H,3-4,6,16,18-22H2,1-2H3. The normalized spacial score (nSPS) is 11.7. The fourth-order valence-corrected chi connectivity index (χ4v) is 5.86. The number of benzene rings is 2. The van der Waals surface area contributed by atoms with Crippen molar-refractivity contribution in [2.45, 2.75) is 44.2 Å². The largest absolute Gasteiger partial charge is 0.385 e. The fraction of sp³-hybridized carbons (Fsp3) is 0.393. The molecule has 0 fully saturated rings. The van der Waals surface area contributed by atoms with Crippen LogP contribution < -0.4 is 0 Å². The monoisotopic (exact) mass is 623 g/mol. The molecule has 1 amide bonds. The van der Waals surface area contributed by atoms with Gasteiger partial charge in [-0.2, -0.15) is 4.31 Å². The zero-order valence-corrected chi connectivity index (χ0v) is 25.0. The van der Waals surface area contributed by atoms with Crippen LogP contribution in [0.3, 0.4) is 0 Å². The minimum Gasteiger partial charge on any atom is -0.385 e. The summed E-state index contributed by atoms with van der Waals surface area (Å²) in [5.74, 6) is -0.232. The quantitative estimate of drug-likeness (QED) is 0.200. The van der Waals surface area contributed by atoms with Crippen molar-refractivity contribution in [2.24, 2.45) is 0 Å². The molecule has 0 atom stereocenters. The minimum absolute atomic E-state index is 0.107. The Morgan fingerprint density at radius 1 is 1.03 bits per heavy atom. The molecule has 0 saturated carbocycles. The Kier molecular flexibility index (Phi) is 11.9. The average Bonchev–Trinajstić information content (AvgIpc) is 3.33. The smallest absolute Gasteiger partial charge is 0.243 e. The summed E-state index contributed by atoms with van der Waals surface area (Å²) in [6.07, 6.45) is 4.22. The van der Waals surface area contributed by atoms with Crippen LogP contribution in [0.5, 0.6) is 0 Å². The maximum Gasteiger partial charge on any atom is 0.243 e. The zero-order chi connectivity index (χ0) is 27.5. The Morgan fingerprint density at radius 2 is 1.74 bits per heavy atom. The van der Waals surface area contributed by atoms with E-state index in [-0.39, 0.29) is 23.9 Å². The highest BCUT2D eigenvalue weighted by molar-refractivity contribution is 9.10. The summed E-state index contributed by atoms with van der Waals surface area (Å²) in [6.45, 7) is 4.02. The highest BCUT2D eigenvalue weighted by Crippen LogP contribution is 2.20. The van der Waals surface area contributed by atoms with Crippen LogP contribution in [0.1, 0.15) is 37.4 Å². The van der Waals surface area contributed by atoms with Gasteiger partial charge in [-0.15, -0.1) is 0 Å². The van der Waals surface area contributed by atoms with Gasteiger partial charge >= 0.3 is 0 Å². The molecule has 0 unspecified atom stereocenters. The third-order valence-electron chi connectivity index (χ3n) is 6.20. The molecule has 3 aromatic rings. The van der Waals surface area contributed by atoms with Gasteiger partial charge in [0.2, 0.25) is 15.9 Å². The van der Waals surface area contributed by atoms with Crippen LogP contribution in [0.15, 0.2) is 76.2 Å². The van der Waals surface area contributed by atoms with Crippen LogP contribution >= 0.6 is 27.5 Å². The number of rotatable bonds is 15. The lowest BCUT2D eigenvalue weighted by atomic mass is 10.2. The number of hydrogen-bond acceptors (Lipinski definition) is 4. The first-order valence-corrected chi connectivity index (χ1v) is 15.3. The van der Waals surface area contributed by atoms with E-state index in [9.17, 15) is 13.2 Å². The van der Waals surface area contributed by atoms with E-state index in [4.69, 9.17) is 16.3 Å². The van der Waals surface area contributed by atoms with Crippen molar-refractivity contribution < 1.29 is 17.9 Å². The van der Waals surface area contributed by atoms with Crippen molar-refractivity contribution >= 4 is 43.5 Å². The number of methoxy groups -OCH3 is 1. The molecule has 206 valence electrons. The van der Waals surface area contributed by atoms with Crippen molar-refractivity contribution in [3.8, 4) is 0 Å².